The molecule has 20 heavy (non-hydrogen) atoms. The van der Waals surface area contributed by atoms with E-state index in [1.54, 1.807) is 7.11 Å². The summed E-state index contributed by atoms with van der Waals surface area (Å²) in [5.74, 6) is 0.902. The van der Waals surface area contributed by atoms with Crippen LogP contribution in [0, 0.1) is 0 Å². The summed E-state index contributed by atoms with van der Waals surface area (Å²) in [4.78, 5) is 0. The lowest BCUT2D eigenvalue weighted by atomic mass is 10.0. The van der Waals surface area contributed by atoms with Gasteiger partial charge in [-0.3, -0.25) is 4.68 Å². The minimum absolute atomic E-state index is 0.271. The number of hydrogen-bond acceptors (Lipinski definition) is 3. The number of nitrogens with zero attached hydrogens (tertiary/aromatic N) is 2. The van der Waals surface area contributed by atoms with E-state index in [0.29, 0.717) is 0 Å². The molecule has 0 radical (unpaired) electrons. The second-order valence-electron chi connectivity index (χ2n) is 4.93. The molecule has 0 fully saturated rings. The van der Waals surface area contributed by atoms with Gasteiger partial charge in [0.05, 0.1) is 13.3 Å². The average Bonchev–Trinajstić information content (AvgIpc) is 2.94. The summed E-state index contributed by atoms with van der Waals surface area (Å²) in [7, 11) is 3.69. The predicted octanol–water partition coefficient (Wildman–Crippen LogP) is 2.80. The summed E-state index contributed by atoms with van der Waals surface area (Å²) in [5.41, 5.74) is 2.48. The third-order valence-corrected chi connectivity index (χ3v) is 3.43. The first-order chi connectivity index (χ1) is 9.76. The summed E-state index contributed by atoms with van der Waals surface area (Å²) in [6.07, 6.45) is 6.11. The van der Waals surface area contributed by atoms with E-state index >= 15 is 0 Å². The largest absolute Gasteiger partial charge is 0.497 e. The van der Waals surface area contributed by atoms with Crippen LogP contribution >= 0.6 is 0 Å². The highest BCUT2D eigenvalue weighted by molar-refractivity contribution is 5.30. The zero-order chi connectivity index (χ0) is 14.4. The molecule has 4 heteroatoms. The number of aromatic nitrogens is 2. The smallest absolute Gasteiger partial charge is 0.119 e. The van der Waals surface area contributed by atoms with E-state index in [1.165, 1.54) is 11.1 Å². The molecule has 0 saturated carbocycles. The predicted molar refractivity (Wildman–Crippen MR) is 81.0 cm³/mol. The molecule has 0 aliphatic carbocycles. The zero-order valence-electron chi connectivity index (χ0n) is 12.5. The first kappa shape index (κ1) is 14.6. The van der Waals surface area contributed by atoms with E-state index < -0.39 is 0 Å². The number of rotatable bonds is 7. The van der Waals surface area contributed by atoms with Crippen molar-refractivity contribution in [2.24, 2.45) is 0 Å². The molecule has 2 aromatic rings. The lowest BCUT2D eigenvalue weighted by molar-refractivity contribution is 0.414. The Balaban J connectivity index is 2.10. The van der Waals surface area contributed by atoms with Crippen molar-refractivity contribution >= 4 is 0 Å². The molecule has 1 aromatic carbocycles. The quantitative estimate of drug-likeness (QED) is 0.843. The lowest BCUT2D eigenvalue weighted by Crippen LogP contribution is -2.18. The molecule has 1 N–H and O–H groups in total. The average molecular weight is 273 g/mol. The Morgan fingerprint density at radius 1 is 1.40 bits per heavy atom. The lowest BCUT2D eigenvalue weighted by Gasteiger charge is -2.15. The number of nitrogens with one attached hydrogen (secondary N) is 1. The maximum absolute atomic E-state index is 5.27. The fourth-order valence-electron chi connectivity index (χ4n) is 2.33. The Morgan fingerprint density at radius 2 is 2.25 bits per heavy atom. The fourth-order valence-corrected chi connectivity index (χ4v) is 2.33. The van der Waals surface area contributed by atoms with Crippen molar-refractivity contribution in [3.8, 4) is 5.75 Å². The molecule has 1 aromatic heterocycles. The normalized spacial score (nSPS) is 12.3. The van der Waals surface area contributed by atoms with Crippen LogP contribution in [0.15, 0.2) is 36.7 Å². The van der Waals surface area contributed by atoms with Crippen LogP contribution in [0.1, 0.15) is 30.5 Å². The monoisotopic (exact) mass is 273 g/mol. The van der Waals surface area contributed by atoms with Gasteiger partial charge < -0.3 is 10.1 Å². The van der Waals surface area contributed by atoms with E-state index in [1.807, 2.05) is 30.1 Å². The third-order valence-electron chi connectivity index (χ3n) is 3.43. The highest BCUT2D eigenvalue weighted by atomic mass is 16.5. The van der Waals surface area contributed by atoms with Crippen LogP contribution in [0.3, 0.4) is 0 Å². The van der Waals surface area contributed by atoms with E-state index in [4.69, 9.17) is 4.74 Å². The number of aryl methyl sites for hydroxylation is 1. The van der Waals surface area contributed by atoms with Gasteiger partial charge >= 0.3 is 0 Å². The molecular formula is C16H23N3O. The van der Waals surface area contributed by atoms with Gasteiger partial charge in [-0.05, 0) is 37.6 Å². The van der Waals surface area contributed by atoms with Crippen LogP contribution in [0.2, 0.25) is 0 Å². The van der Waals surface area contributed by atoms with Gasteiger partial charge in [0.2, 0.25) is 0 Å². The number of hydrogen-bond donors (Lipinski definition) is 1. The molecule has 108 valence electrons. The van der Waals surface area contributed by atoms with Gasteiger partial charge in [0.1, 0.15) is 5.75 Å². The van der Waals surface area contributed by atoms with Gasteiger partial charge in [0.15, 0.2) is 0 Å². The Bertz CT molecular complexity index is 536. The Labute approximate surface area is 120 Å². The highest BCUT2D eigenvalue weighted by Crippen LogP contribution is 2.20. The van der Waals surface area contributed by atoms with Gasteiger partial charge in [-0.15, -0.1) is 0 Å². The number of likely N-dealkylation sites (N-methyl/N-ethyl adjacent to an activating group) is 1. The Kier molecular flexibility index (Phi) is 5.18. The molecule has 0 spiro atoms. The van der Waals surface area contributed by atoms with Gasteiger partial charge in [-0.1, -0.05) is 19.1 Å². The van der Waals surface area contributed by atoms with Gasteiger partial charge in [-0.2, -0.15) is 5.10 Å². The maximum Gasteiger partial charge on any atom is 0.119 e. The first-order valence-electron chi connectivity index (χ1n) is 7.09. The van der Waals surface area contributed by atoms with Crippen molar-refractivity contribution in [1.82, 2.24) is 15.1 Å². The van der Waals surface area contributed by atoms with Crippen molar-refractivity contribution in [3.05, 3.63) is 47.8 Å². The summed E-state index contributed by atoms with van der Waals surface area (Å²) in [6, 6.07) is 8.48. The summed E-state index contributed by atoms with van der Waals surface area (Å²) < 4.78 is 7.28. The highest BCUT2D eigenvalue weighted by Gasteiger charge is 2.12. The standard InChI is InChI=1S/C16H23N3O/c1-4-8-19-12-14(11-18-19)16(17-2)10-13-6-5-7-15(9-13)20-3/h5-7,9,11-12,16-17H,4,8,10H2,1-3H3. The van der Waals surface area contributed by atoms with Crippen LogP contribution in [-0.2, 0) is 13.0 Å². The molecule has 0 aliphatic rings. The molecule has 2 rings (SSSR count). The maximum atomic E-state index is 5.27. The number of methoxy groups -OCH3 is 1. The summed E-state index contributed by atoms with van der Waals surface area (Å²) in [5, 5.41) is 7.77. The molecule has 1 atom stereocenters. The van der Waals surface area contributed by atoms with Crippen molar-refractivity contribution in [1.29, 1.82) is 0 Å². The summed E-state index contributed by atoms with van der Waals surface area (Å²) >= 11 is 0. The summed E-state index contributed by atoms with van der Waals surface area (Å²) in [6.45, 7) is 3.13. The number of ether oxygens (including phenoxy) is 1. The fraction of sp³-hybridized carbons (Fsp3) is 0.438. The first-order valence-corrected chi connectivity index (χ1v) is 7.09. The van der Waals surface area contributed by atoms with Crippen LogP contribution in [0.25, 0.3) is 0 Å². The second-order valence-corrected chi connectivity index (χ2v) is 4.93. The third kappa shape index (κ3) is 3.61. The van der Waals surface area contributed by atoms with Crippen LogP contribution in [-0.4, -0.2) is 23.9 Å². The van der Waals surface area contributed by atoms with Crippen LogP contribution in [0.4, 0.5) is 0 Å². The van der Waals surface area contributed by atoms with Gasteiger partial charge in [-0.25, -0.2) is 0 Å². The minimum atomic E-state index is 0.271. The van der Waals surface area contributed by atoms with Crippen molar-refractivity contribution in [3.63, 3.8) is 0 Å². The molecule has 0 amide bonds. The van der Waals surface area contributed by atoms with E-state index in [9.17, 15) is 0 Å². The molecule has 1 unspecified atom stereocenters. The van der Waals surface area contributed by atoms with Crippen LogP contribution in [0.5, 0.6) is 5.75 Å². The van der Waals surface area contributed by atoms with Crippen molar-refractivity contribution < 1.29 is 4.74 Å². The van der Waals surface area contributed by atoms with Crippen molar-refractivity contribution in [2.75, 3.05) is 14.2 Å². The second kappa shape index (κ2) is 7.10. The Morgan fingerprint density at radius 3 is 2.95 bits per heavy atom. The number of benzene rings is 1. The van der Waals surface area contributed by atoms with E-state index in [-0.39, 0.29) is 6.04 Å². The van der Waals surface area contributed by atoms with Gasteiger partial charge in [0.25, 0.3) is 0 Å². The molecular weight excluding hydrogens is 250 g/mol. The van der Waals surface area contributed by atoms with E-state index in [0.717, 1.165) is 25.1 Å². The zero-order valence-corrected chi connectivity index (χ0v) is 12.5. The molecule has 0 saturated heterocycles. The van der Waals surface area contributed by atoms with Gasteiger partial charge in [0, 0.05) is 24.3 Å². The van der Waals surface area contributed by atoms with Crippen molar-refractivity contribution in [2.45, 2.75) is 32.4 Å². The molecule has 0 bridgehead atoms. The molecule has 1 heterocycles. The SMILES string of the molecule is CCCn1cc(C(Cc2cccc(OC)c2)NC)cn1. The minimum Gasteiger partial charge on any atom is -0.497 e. The Hall–Kier alpha value is -1.81. The molecule has 0 aliphatic heterocycles. The topological polar surface area (TPSA) is 39.1 Å². The van der Waals surface area contributed by atoms with E-state index in [2.05, 4.69) is 35.7 Å². The molecule has 4 nitrogen and oxygen atoms in total. The van der Waals surface area contributed by atoms with Crippen LogP contribution < -0.4 is 10.1 Å².